The predicted octanol–water partition coefficient (Wildman–Crippen LogP) is 1.10. The van der Waals surface area contributed by atoms with Crippen molar-refractivity contribution in [2.75, 3.05) is 36.5 Å². The van der Waals surface area contributed by atoms with E-state index in [-0.39, 0.29) is 35.6 Å². The number of amides is 1. The van der Waals surface area contributed by atoms with Crippen LogP contribution in [0.1, 0.15) is 6.92 Å². The average molecular weight is 474 g/mol. The van der Waals surface area contributed by atoms with Gasteiger partial charge in [-0.05, 0) is 31.2 Å². The molecule has 12 heteroatoms. The zero-order valence-corrected chi connectivity index (χ0v) is 18.6. The highest BCUT2D eigenvalue weighted by Gasteiger charge is 2.30. The summed E-state index contributed by atoms with van der Waals surface area (Å²) in [6, 6.07) is 8.44. The second kappa shape index (κ2) is 9.08. The average Bonchev–Trinajstić information content (AvgIpc) is 3.20. The maximum absolute atomic E-state index is 13.7. The molecule has 33 heavy (non-hydrogen) atoms. The number of rotatable bonds is 3. The fraction of sp³-hybridized carbons (Fsp3) is 0.286. The zero-order valence-electron chi connectivity index (χ0n) is 17.8. The van der Waals surface area contributed by atoms with E-state index in [1.165, 1.54) is 10.0 Å². The maximum atomic E-state index is 13.7. The van der Waals surface area contributed by atoms with Crippen molar-refractivity contribution in [2.24, 2.45) is 0 Å². The Morgan fingerprint density at radius 1 is 1.27 bits per heavy atom. The zero-order chi connectivity index (χ0) is 23.6. The number of carbonyl (C=O) groups is 2. The largest absolute Gasteiger partial charge is 0.483 e. The smallest absolute Gasteiger partial charge is 0.290 e. The molecule has 1 aromatic carbocycles. The van der Waals surface area contributed by atoms with E-state index in [0.29, 0.717) is 16.8 Å². The van der Waals surface area contributed by atoms with Crippen LogP contribution in [-0.2, 0) is 19.6 Å². The lowest BCUT2D eigenvalue weighted by Gasteiger charge is -2.32. The van der Waals surface area contributed by atoms with Crippen LogP contribution >= 0.6 is 0 Å². The van der Waals surface area contributed by atoms with Gasteiger partial charge in [0.05, 0.1) is 11.2 Å². The van der Waals surface area contributed by atoms with E-state index in [4.69, 9.17) is 14.6 Å². The van der Waals surface area contributed by atoms with Gasteiger partial charge in [0.1, 0.15) is 21.8 Å². The van der Waals surface area contributed by atoms with Crippen LogP contribution in [0.3, 0.4) is 0 Å². The number of ether oxygens (including phenoxy) is 1. The number of fused-ring (bicyclic) bond motifs is 2. The molecule has 3 aromatic rings. The molecule has 0 unspecified atom stereocenters. The van der Waals surface area contributed by atoms with Crippen molar-refractivity contribution in [2.45, 2.75) is 17.9 Å². The standard InChI is InChI=1S/C20H21N5O4S.CH2O2/c1-13-10-24(9-8-21-13)15-11-25(14-4-3-7-22-19(14)15)30(27,28)17-6-2-5-16-20(17)23-18(26)12-29-16;2-1-3/h2-7,11,13,21H,8-10,12H2,1H3,(H,23,26);1H,(H,2,3)/t13-;/m0./s1. The van der Waals surface area contributed by atoms with E-state index in [2.05, 4.69) is 27.4 Å². The van der Waals surface area contributed by atoms with E-state index in [1.54, 1.807) is 36.7 Å². The van der Waals surface area contributed by atoms with Crippen LogP contribution in [0, 0.1) is 0 Å². The highest BCUT2D eigenvalue weighted by molar-refractivity contribution is 7.90. The van der Waals surface area contributed by atoms with Crippen molar-refractivity contribution in [3.8, 4) is 5.75 Å². The van der Waals surface area contributed by atoms with Crippen LogP contribution < -0.4 is 20.3 Å². The van der Waals surface area contributed by atoms with E-state index in [1.807, 2.05) is 0 Å². The van der Waals surface area contributed by atoms with Crippen molar-refractivity contribution in [1.82, 2.24) is 14.3 Å². The van der Waals surface area contributed by atoms with Crippen LogP contribution in [0.15, 0.2) is 47.6 Å². The first-order chi connectivity index (χ1) is 15.9. The van der Waals surface area contributed by atoms with E-state index in [0.717, 1.165) is 25.3 Å². The van der Waals surface area contributed by atoms with Gasteiger partial charge in [0.15, 0.2) is 6.61 Å². The number of piperazine rings is 1. The molecule has 2 aromatic heterocycles. The van der Waals surface area contributed by atoms with Crippen molar-refractivity contribution in [1.29, 1.82) is 0 Å². The SMILES string of the molecule is C[C@H]1CN(c2cn(S(=O)(=O)c3cccc4c3NC(=O)CO4)c3cccnc23)CCN1.O=CO. The lowest BCUT2D eigenvalue weighted by molar-refractivity contribution is -0.123. The summed E-state index contributed by atoms with van der Waals surface area (Å²) in [7, 11) is -4.02. The second-order valence-corrected chi connectivity index (χ2v) is 9.34. The third-order valence-electron chi connectivity index (χ3n) is 5.36. The van der Waals surface area contributed by atoms with Gasteiger partial charge in [-0.15, -0.1) is 0 Å². The minimum atomic E-state index is -4.02. The van der Waals surface area contributed by atoms with Crippen LogP contribution in [-0.4, -0.2) is 67.1 Å². The molecular weight excluding hydrogens is 450 g/mol. The van der Waals surface area contributed by atoms with Crippen LogP contribution in [0.5, 0.6) is 5.75 Å². The van der Waals surface area contributed by atoms with Crippen LogP contribution in [0.2, 0.25) is 0 Å². The monoisotopic (exact) mass is 473 g/mol. The van der Waals surface area contributed by atoms with Gasteiger partial charge in [0.25, 0.3) is 22.4 Å². The molecule has 1 saturated heterocycles. The van der Waals surface area contributed by atoms with Gasteiger partial charge in [-0.2, -0.15) is 0 Å². The Kier molecular flexibility index (Phi) is 6.20. The summed E-state index contributed by atoms with van der Waals surface area (Å²) >= 11 is 0. The third kappa shape index (κ3) is 4.22. The molecular formula is C21H23N5O6S. The summed E-state index contributed by atoms with van der Waals surface area (Å²) in [5.74, 6) is -0.0545. The van der Waals surface area contributed by atoms with Gasteiger partial charge in [-0.25, -0.2) is 12.4 Å². The van der Waals surface area contributed by atoms with E-state index >= 15 is 0 Å². The van der Waals surface area contributed by atoms with E-state index in [9.17, 15) is 13.2 Å². The molecule has 2 aliphatic heterocycles. The summed E-state index contributed by atoms with van der Waals surface area (Å²) in [6.45, 7) is 4.01. The maximum Gasteiger partial charge on any atom is 0.290 e. The number of aromatic nitrogens is 2. The van der Waals surface area contributed by atoms with Crippen molar-refractivity contribution in [3.63, 3.8) is 0 Å². The Hall–Kier alpha value is -3.64. The molecule has 4 heterocycles. The Balaban J connectivity index is 0.000000821. The number of anilines is 2. The first-order valence-corrected chi connectivity index (χ1v) is 11.6. The number of carboxylic acid groups (broad SMARTS) is 1. The molecule has 0 saturated carbocycles. The first kappa shape index (κ1) is 22.6. The first-order valence-electron chi connectivity index (χ1n) is 10.2. The molecule has 0 aliphatic carbocycles. The molecule has 1 fully saturated rings. The van der Waals surface area contributed by atoms with Gasteiger partial charge in [-0.1, -0.05) is 6.07 Å². The second-order valence-electron chi connectivity index (χ2n) is 7.56. The third-order valence-corrected chi connectivity index (χ3v) is 7.08. The van der Waals surface area contributed by atoms with Gasteiger partial charge >= 0.3 is 0 Å². The molecule has 11 nitrogen and oxygen atoms in total. The molecule has 3 N–H and O–H groups in total. The number of pyridine rings is 1. The number of benzene rings is 1. The van der Waals surface area contributed by atoms with Crippen LogP contribution in [0.4, 0.5) is 11.4 Å². The molecule has 1 amide bonds. The molecule has 0 bridgehead atoms. The number of carbonyl (C=O) groups excluding carboxylic acids is 1. The van der Waals surface area contributed by atoms with Gasteiger partial charge in [0, 0.05) is 38.1 Å². The summed E-state index contributed by atoms with van der Waals surface area (Å²) in [5, 5.41) is 12.9. The number of nitrogens with one attached hydrogen (secondary N) is 2. The van der Waals surface area contributed by atoms with Crippen LogP contribution in [0.25, 0.3) is 11.0 Å². The number of hydrogen-bond donors (Lipinski definition) is 3. The number of para-hydroxylation sites is 1. The normalized spacial score (nSPS) is 17.9. The van der Waals surface area contributed by atoms with Crippen molar-refractivity contribution < 1.29 is 27.9 Å². The van der Waals surface area contributed by atoms with Gasteiger partial charge < -0.3 is 25.4 Å². The quantitative estimate of drug-likeness (QED) is 0.477. The minimum absolute atomic E-state index is 0.0194. The highest BCUT2D eigenvalue weighted by atomic mass is 32.2. The molecule has 1 atom stereocenters. The lowest BCUT2D eigenvalue weighted by Crippen LogP contribution is -2.49. The predicted molar refractivity (Wildman–Crippen MR) is 121 cm³/mol. The van der Waals surface area contributed by atoms with Crippen molar-refractivity contribution in [3.05, 3.63) is 42.7 Å². The van der Waals surface area contributed by atoms with Gasteiger partial charge in [-0.3, -0.25) is 14.6 Å². The Bertz CT molecular complexity index is 1310. The minimum Gasteiger partial charge on any atom is -0.483 e. The Morgan fingerprint density at radius 3 is 2.82 bits per heavy atom. The molecule has 5 rings (SSSR count). The summed E-state index contributed by atoms with van der Waals surface area (Å²) in [5.41, 5.74) is 2.05. The Labute approximate surface area is 190 Å². The number of nitrogens with zero attached hydrogens (tertiary/aromatic N) is 3. The highest BCUT2D eigenvalue weighted by Crippen LogP contribution is 2.37. The fourth-order valence-corrected chi connectivity index (χ4v) is 5.51. The summed E-state index contributed by atoms with van der Waals surface area (Å²) in [6.07, 6.45) is 3.28. The fourth-order valence-electron chi connectivity index (χ4n) is 3.99. The molecule has 0 spiro atoms. The van der Waals surface area contributed by atoms with E-state index < -0.39 is 10.0 Å². The topological polar surface area (TPSA) is 143 Å². The lowest BCUT2D eigenvalue weighted by atomic mass is 10.2. The molecule has 174 valence electrons. The summed E-state index contributed by atoms with van der Waals surface area (Å²) < 4.78 is 34.0. The molecule has 0 radical (unpaired) electrons. The van der Waals surface area contributed by atoms with Crippen molar-refractivity contribution >= 4 is 44.8 Å². The summed E-state index contributed by atoms with van der Waals surface area (Å²) in [4.78, 5) is 26.8. The van der Waals surface area contributed by atoms with Gasteiger partial charge in [0.2, 0.25) is 0 Å². The molecule has 2 aliphatic rings. The number of hydrogen-bond acceptors (Lipinski definition) is 8. The Morgan fingerprint density at radius 2 is 2.06 bits per heavy atom.